The van der Waals surface area contributed by atoms with E-state index in [0.29, 0.717) is 0 Å². The number of aliphatic hydroxyl groups excluding tert-OH is 1. The molecule has 0 aromatic heterocycles. The van der Waals surface area contributed by atoms with Gasteiger partial charge in [0.15, 0.2) is 0 Å². The molecule has 0 fully saturated rings. The largest absolute Gasteiger partial charge is 0.507 e. The Morgan fingerprint density at radius 1 is 1.25 bits per heavy atom. The predicted octanol–water partition coefficient (Wildman–Crippen LogP) is 2.03. The summed E-state index contributed by atoms with van der Waals surface area (Å²) in [6.45, 7) is -0.00562. The summed E-state index contributed by atoms with van der Waals surface area (Å²) in [4.78, 5) is 0. The highest BCUT2D eigenvalue weighted by Gasteiger charge is 1.91. The van der Waals surface area contributed by atoms with Crippen LogP contribution < -0.4 is 0 Å². The minimum Gasteiger partial charge on any atom is -0.507 e. The number of hydrogen-bond acceptors (Lipinski definition) is 2. The summed E-state index contributed by atoms with van der Waals surface area (Å²) in [6, 6.07) is 6.97. The molecule has 0 heterocycles. The highest BCUT2D eigenvalue weighted by Crippen LogP contribution is 2.16. The van der Waals surface area contributed by atoms with Crippen LogP contribution in [0.3, 0.4) is 0 Å². The van der Waals surface area contributed by atoms with Gasteiger partial charge in [0, 0.05) is 5.56 Å². The molecule has 0 unspecified atom stereocenters. The fraction of sp³-hybridized carbons (Fsp3) is 0.200. The summed E-state index contributed by atoms with van der Waals surface area (Å²) in [5.41, 5.74) is 0.724. The zero-order chi connectivity index (χ0) is 8.10. The Bertz CT molecular complexity index is 254. The van der Waals surface area contributed by atoms with Crippen molar-refractivity contribution in [3.05, 3.63) is 35.9 Å². The van der Waals surface area contributed by atoms with Gasteiger partial charge in [0.05, 0.1) is 6.61 Å². The Hall–Kier alpha value is -1.28. The van der Waals surface area contributed by atoms with Gasteiger partial charge in [-0.05, 0) is 6.07 Å². The summed E-state index contributed by atoms with van der Waals surface area (Å²) in [5.74, 6) is 0.234. The minimum absolute atomic E-state index is 0. The quantitative estimate of drug-likeness (QED) is 0.705. The van der Waals surface area contributed by atoms with E-state index in [1.54, 1.807) is 30.4 Å². The summed E-state index contributed by atoms with van der Waals surface area (Å²) >= 11 is 0. The van der Waals surface area contributed by atoms with E-state index < -0.39 is 0 Å². The van der Waals surface area contributed by atoms with Crippen molar-refractivity contribution in [1.29, 1.82) is 0 Å². The van der Waals surface area contributed by atoms with Crippen LogP contribution >= 0.6 is 0 Å². The normalized spacial score (nSPS) is 9.75. The molecule has 0 spiro atoms. The van der Waals surface area contributed by atoms with Gasteiger partial charge in [-0.3, -0.25) is 0 Å². The molecule has 0 saturated carbocycles. The van der Waals surface area contributed by atoms with Crippen LogP contribution in [-0.2, 0) is 0 Å². The number of benzene rings is 1. The van der Waals surface area contributed by atoms with E-state index in [0.717, 1.165) is 5.56 Å². The number of rotatable bonds is 2. The smallest absolute Gasteiger partial charge is 0.122 e. The number of para-hydroxylation sites is 1. The van der Waals surface area contributed by atoms with E-state index >= 15 is 0 Å². The van der Waals surface area contributed by atoms with Gasteiger partial charge in [-0.25, -0.2) is 0 Å². The maximum Gasteiger partial charge on any atom is 0.122 e. The molecule has 1 rings (SSSR count). The molecule has 1 aromatic rings. The average molecular weight is 166 g/mol. The Labute approximate surface area is 72.8 Å². The van der Waals surface area contributed by atoms with Crippen LogP contribution in [0.5, 0.6) is 5.75 Å². The topological polar surface area (TPSA) is 40.5 Å². The lowest BCUT2D eigenvalue weighted by molar-refractivity contribution is 0.343. The van der Waals surface area contributed by atoms with Crippen molar-refractivity contribution >= 4 is 6.08 Å². The van der Waals surface area contributed by atoms with Crippen molar-refractivity contribution < 1.29 is 10.2 Å². The van der Waals surface area contributed by atoms with E-state index in [1.807, 2.05) is 6.07 Å². The minimum atomic E-state index is -0.00562. The number of aliphatic hydroxyl groups is 1. The third kappa shape index (κ3) is 2.76. The molecule has 0 atom stereocenters. The van der Waals surface area contributed by atoms with Gasteiger partial charge in [0.25, 0.3) is 0 Å². The average Bonchev–Trinajstić information content (AvgIpc) is 2.03. The molecule has 12 heavy (non-hydrogen) atoms. The van der Waals surface area contributed by atoms with E-state index in [2.05, 4.69) is 0 Å². The van der Waals surface area contributed by atoms with Crippen molar-refractivity contribution in [3.63, 3.8) is 0 Å². The summed E-state index contributed by atoms with van der Waals surface area (Å²) in [7, 11) is 0. The van der Waals surface area contributed by atoms with Gasteiger partial charge in [0.2, 0.25) is 0 Å². The molecule has 0 saturated heterocycles. The summed E-state index contributed by atoms with van der Waals surface area (Å²) < 4.78 is 0. The van der Waals surface area contributed by atoms with Gasteiger partial charge in [0.1, 0.15) is 5.75 Å². The zero-order valence-corrected chi connectivity index (χ0v) is 6.07. The monoisotopic (exact) mass is 166 g/mol. The maximum atomic E-state index is 9.20. The van der Waals surface area contributed by atoms with E-state index in [-0.39, 0.29) is 19.8 Å². The molecular weight excluding hydrogens is 152 g/mol. The molecule has 1 aromatic carbocycles. The molecular formula is C10H14O2. The molecule has 2 N–H and O–H groups in total. The van der Waals surface area contributed by atoms with Crippen molar-refractivity contribution in [2.75, 3.05) is 6.61 Å². The lowest BCUT2D eigenvalue weighted by Crippen LogP contribution is -1.74. The molecule has 2 heteroatoms. The third-order valence-corrected chi connectivity index (χ3v) is 1.34. The van der Waals surface area contributed by atoms with Gasteiger partial charge in [-0.2, -0.15) is 0 Å². The molecule has 2 nitrogen and oxygen atoms in total. The predicted molar refractivity (Wildman–Crippen MR) is 51.0 cm³/mol. The highest BCUT2D eigenvalue weighted by atomic mass is 16.3. The Balaban J connectivity index is 0.00000121. The number of phenols is 1. The molecule has 0 amide bonds. The van der Waals surface area contributed by atoms with Crippen LogP contribution in [0.4, 0.5) is 0 Å². The van der Waals surface area contributed by atoms with Crippen LogP contribution in [0.1, 0.15) is 13.0 Å². The van der Waals surface area contributed by atoms with Crippen molar-refractivity contribution in [2.45, 2.75) is 7.43 Å². The fourth-order valence-corrected chi connectivity index (χ4v) is 0.808. The van der Waals surface area contributed by atoms with Crippen LogP contribution in [0.25, 0.3) is 6.08 Å². The highest BCUT2D eigenvalue weighted by molar-refractivity contribution is 5.56. The Kier molecular flexibility index (Phi) is 4.81. The first-order chi connectivity index (χ1) is 5.34. The number of hydrogen-bond donors (Lipinski definition) is 2. The second-order valence-electron chi connectivity index (χ2n) is 2.14. The molecule has 0 aliphatic heterocycles. The zero-order valence-electron chi connectivity index (χ0n) is 6.07. The molecule has 0 radical (unpaired) electrons. The van der Waals surface area contributed by atoms with Crippen LogP contribution in [0, 0.1) is 0 Å². The molecule has 66 valence electrons. The second-order valence-corrected chi connectivity index (χ2v) is 2.14. The first kappa shape index (κ1) is 10.7. The molecule has 0 aliphatic rings. The van der Waals surface area contributed by atoms with Crippen molar-refractivity contribution in [3.8, 4) is 5.75 Å². The summed E-state index contributed by atoms with van der Waals surface area (Å²) in [6.07, 6.45) is 3.25. The van der Waals surface area contributed by atoms with E-state index in [9.17, 15) is 5.11 Å². The lowest BCUT2D eigenvalue weighted by atomic mass is 10.2. The number of phenolic OH excluding ortho intramolecular Hbond substituents is 1. The van der Waals surface area contributed by atoms with Gasteiger partial charge >= 0.3 is 0 Å². The van der Waals surface area contributed by atoms with Crippen LogP contribution in [0.15, 0.2) is 30.3 Å². The van der Waals surface area contributed by atoms with Crippen molar-refractivity contribution in [2.24, 2.45) is 0 Å². The van der Waals surface area contributed by atoms with Gasteiger partial charge in [-0.15, -0.1) is 0 Å². The third-order valence-electron chi connectivity index (χ3n) is 1.34. The SMILES string of the molecule is C.OC/C=C\c1ccccc1O. The molecule has 0 bridgehead atoms. The maximum absolute atomic E-state index is 9.20. The van der Waals surface area contributed by atoms with E-state index in [4.69, 9.17) is 5.11 Å². The van der Waals surface area contributed by atoms with Crippen molar-refractivity contribution in [1.82, 2.24) is 0 Å². The standard InChI is InChI=1S/C9H10O2.CH4/c10-7-3-5-8-4-1-2-6-9(8)11;/h1-6,10-11H,7H2;1H4/b5-3-;. The van der Waals surface area contributed by atoms with Gasteiger partial charge in [-0.1, -0.05) is 37.8 Å². The van der Waals surface area contributed by atoms with Gasteiger partial charge < -0.3 is 10.2 Å². The first-order valence-corrected chi connectivity index (χ1v) is 3.40. The van der Waals surface area contributed by atoms with Crippen LogP contribution in [-0.4, -0.2) is 16.8 Å². The fourth-order valence-electron chi connectivity index (χ4n) is 0.808. The first-order valence-electron chi connectivity index (χ1n) is 3.40. The van der Waals surface area contributed by atoms with Crippen LogP contribution in [0.2, 0.25) is 0 Å². The summed E-state index contributed by atoms with van der Waals surface area (Å²) in [5, 5.41) is 17.7. The number of aromatic hydroxyl groups is 1. The Morgan fingerprint density at radius 3 is 2.50 bits per heavy atom. The Morgan fingerprint density at radius 2 is 1.92 bits per heavy atom. The second kappa shape index (κ2) is 5.38. The van der Waals surface area contributed by atoms with E-state index in [1.165, 1.54) is 0 Å². The molecule has 0 aliphatic carbocycles. The lowest BCUT2D eigenvalue weighted by Gasteiger charge is -1.95.